The standard InChI is InChI=1S/C10H18N4O2S/c1-8-12-6-10(13-8)17(15,16)14(2)7-9-4-3-5-11-9/h6,9,11H,3-5,7H2,1-2H3,(H,12,13). The van der Waals surface area contributed by atoms with Crippen molar-refractivity contribution in [1.29, 1.82) is 0 Å². The summed E-state index contributed by atoms with van der Waals surface area (Å²) in [5, 5.41) is 3.45. The number of nitrogens with one attached hydrogen (secondary N) is 2. The Hall–Kier alpha value is -0.920. The molecule has 0 saturated carbocycles. The molecule has 2 N–H and O–H groups in total. The van der Waals surface area contributed by atoms with Gasteiger partial charge in [0.05, 0.1) is 6.20 Å². The highest BCUT2D eigenvalue weighted by molar-refractivity contribution is 7.89. The third-order valence-electron chi connectivity index (χ3n) is 3.01. The van der Waals surface area contributed by atoms with Gasteiger partial charge in [0.1, 0.15) is 5.82 Å². The number of nitrogens with zero attached hydrogens (tertiary/aromatic N) is 2. The molecule has 0 bridgehead atoms. The average Bonchev–Trinajstić information content (AvgIpc) is 2.89. The van der Waals surface area contributed by atoms with E-state index < -0.39 is 10.0 Å². The van der Waals surface area contributed by atoms with E-state index in [2.05, 4.69) is 15.3 Å². The number of hydrogen-bond acceptors (Lipinski definition) is 4. The van der Waals surface area contributed by atoms with Crippen molar-refractivity contribution in [3.8, 4) is 0 Å². The van der Waals surface area contributed by atoms with Gasteiger partial charge >= 0.3 is 0 Å². The fraction of sp³-hybridized carbons (Fsp3) is 0.700. The van der Waals surface area contributed by atoms with Crippen LogP contribution in [0.3, 0.4) is 0 Å². The molecule has 1 fully saturated rings. The Morgan fingerprint density at radius 1 is 1.59 bits per heavy atom. The first-order valence-electron chi connectivity index (χ1n) is 5.71. The van der Waals surface area contributed by atoms with Gasteiger partial charge in [-0.05, 0) is 26.3 Å². The summed E-state index contributed by atoms with van der Waals surface area (Å²) in [6.45, 7) is 3.21. The lowest BCUT2D eigenvalue weighted by Crippen LogP contribution is -2.38. The number of H-pyrrole nitrogens is 1. The lowest BCUT2D eigenvalue weighted by Gasteiger charge is -2.20. The van der Waals surface area contributed by atoms with Gasteiger partial charge < -0.3 is 10.3 Å². The molecule has 1 aromatic heterocycles. The number of imidazole rings is 1. The zero-order valence-corrected chi connectivity index (χ0v) is 10.9. The lowest BCUT2D eigenvalue weighted by molar-refractivity contribution is 0.416. The van der Waals surface area contributed by atoms with E-state index in [1.807, 2.05) is 0 Å². The molecule has 0 radical (unpaired) electrons. The number of aromatic amines is 1. The van der Waals surface area contributed by atoms with Gasteiger partial charge in [-0.3, -0.25) is 0 Å². The highest BCUT2D eigenvalue weighted by Gasteiger charge is 2.26. The van der Waals surface area contributed by atoms with Crippen LogP contribution in [-0.4, -0.2) is 48.9 Å². The van der Waals surface area contributed by atoms with Crippen LogP contribution in [0.5, 0.6) is 0 Å². The first-order chi connectivity index (χ1) is 8.00. The maximum absolute atomic E-state index is 12.2. The van der Waals surface area contributed by atoms with Crippen LogP contribution < -0.4 is 5.32 Å². The Morgan fingerprint density at radius 2 is 2.35 bits per heavy atom. The van der Waals surface area contributed by atoms with E-state index in [0.717, 1.165) is 19.4 Å². The van der Waals surface area contributed by atoms with Crippen LogP contribution in [0.15, 0.2) is 11.2 Å². The summed E-state index contributed by atoms with van der Waals surface area (Å²) >= 11 is 0. The van der Waals surface area contributed by atoms with E-state index in [1.165, 1.54) is 10.5 Å². The van der Waals surface area contributed by atoms with Gasteiger partial charge in [-0.1, -0.05) is 0 Å². The summed E-state index contributed by atoms with van der Waals surface area (Å²) < 4.78 is 25.7. The third-order valence-corrected chi connectivity index (χ3v) is 4.74. The first kappa shape index (κ1) is 12.5. The van der Waals surface area contributed by atoms with Crippen LogP contribution in [0.1, 0.15) is 18.7 Å². The normalized spacial score (nSPS) is 21.2. The molecule has 0 aliphatic carbocycles. The third kappa shape index (κ3) is 2.67. The average molecular weight is 258 g/mol. The fourth-order valence-corrected chi connectivity index (χ4v) is 3.19. The topological polar surface area (TPSA) is 78.1 Å². The van der Waals surface area contributed by atoms with Crippen molar-refractivity contribution in [2.45, 2.75) is 30.8 Å². The molecule has 2 rings (SSSR count). The smallest absolute Gasteiger partial charge is 0.259 e. The maximum atomic E-state index is 12.2. The molecule has 1 aliphatic heterocycles. The van der Waals surface area contributed by atoms with Gasteiger partial charge in [-0.15, -0.1) is 0 Å². The summed E-state index contributed by atoms with van der Waals surface area (Å²) in [5.74, 6) is 0.607. The van der Waals surface area contributed by atoms with E-state index in [0.29, 0.717) is 12.4 Å². The fourth-order valence-electron chi connectivity index (χ4n) is 2.02. The minimum absolute atomic E-state index is 0.162. The zero-order valence-electron chi connectivity index (χ0n) is 10.1. The lowest BCUT2D eigenvalue weighted by atomic mass is 10.2. The zero-order chi connectivity index (χ0) is 12.5. The first-order valence-corrected chi connectivity index (χ1v) is 7.15. The van der Waals surface area contributed by atoms with Crippen LogP contribution in [0, 0.1) is 6.92 Å². The second kappa shape index (κ2) is 4.75. The quantitative estimate of drug-likeness (QED) is 0.802. The minimum atomic E-state index is -3.43. The number of sulfonamides is 1. The van der Waals surface area contributed by atoms with Crippen molar-refractivity contribution < 1.29 is 8.42 Å². The summed E-state index contributed by atoms with van der Waals surface area (Å²) in [7, 11) is -1.83. The van der Waals surface area contributed by atoms with Gasteiger partial charge in [0, 0.05) is 19.6 Å². The molecular weight excluding hydrogens is 240 g/mol. The van der Waals surface area contributed by atoms with E-state index in [9.17, 15) is 8.42 Å². The highest BCUT2D eigenvalue weighted by atomic mass is 32.2. The van der Waals surface area contributed by atoms with Gasteiger partial charge in [0.2, 0.25) is 0 Å². The summed E-state index contributed by atoms with van der Waals surface area (Å²) in [6, 6.07) is 0.263. The van der Waals surface area contributed by atoms with Crippen molar-refractivity contribution in [1.82, 2.24) is 19.6 Å². The van der Waals surface area contributed by atoms with Crippen LogP contribution in [-0.2, 0) is 10.0 Å². The van der Waals surface area contributed by atoms with Crippen molar-refractivity contribution in [2.75, 3.05) is 20.1 Å². The molecule has 0 spiro atoms. The monoisotopic (exact) mass is 258 g/mol. The van der Waals surface area contributed by atoms with Crippen molar-refractivity contribution in [2.24, 2.45) is 0 Å². The Labute approximate surface area is 101 Å². The molecule has 1 aliphatic rings. The molecule has 7 heteroatoms. The van der Waals surface area contributed by atoms with E-state index in [-0.39, 0.29) is 11.1 Å². The minimum Gasteiger partial charge on any atom is -0.332 e. The molecule has 1 aromatic rings. The van der Waals surface area contributed by atoms with Crippen LogP contribution >= 0.6 is 0 Å². The molecule has 1 saturated heterocycles. The predicted molar refractivity (Wildman–Crippen MR) is 64.2 cm³/mol. The number of aromatic nitrogens is 2. The summed E-state index contributed by atoms with van der Waals surface area (Å²) in [6.07, 6.45) is 3.51. The van der Waals surface area contributed by atoms with Crippen LogP contribution in [0.4, 0.5) is 0 Å². The molecule has 2 heterocycles. The van der Waals surface area contributed by atoms with Gasteiger partial charge in [-0.2, -0.15) is 4.31 Å². The van der Waals surface area contributed by atoms with Gasteiger partial charge in [0.25, 0.3) is 10.0 Å². The molecule has 1 unspecified atom stereocenters. The molecule has 0 amide bonds. The van der Waals surface area contributed by atoms with E-state index in [4.69, 9.17) is 0 Å². The van der Waals surface area contributed by atoms with E-state index >= 15 is 0 Å². The molecule has 6 nitrogen and oxygen atoms in total. The molecule has 96 valence electrons. The molecule has 0 aromatic carbocycles. The van der Waals surface area contributed by atoms with Gasteiger partial charge in [0.15, 0.2) is 5.03 Å². The van der Waals surface area contributed by atoms with Crippen molar-refractivity contribution >= 4 is 10.0 Å². The Bertz CT molecular complexity index is 476. The Balaban J connectivity index is 2.09. The second-order valence-corrected chi connectivity index (χ2v) is 6.42. The highest BCUT2D eigenvalue weighted by Crippen LogP contribution is 2.14. The number of aryl methyl sites for hydroxylation is 1. The van der Waals surface area contributed by atoms with Crippen molar-refractivity contribution in [3.63, 3.8) is 0 Å². The molecular formula is C10H18N4O2S. The maximum Gasteiger partial charge on any atom is 0.259 e. The molecule has 1 atom stereocenters. The number of hydrogen-bond donors (Lipinski definition) is 2. The Morgan fingerprint density at radius 3 is 2.88 bits per heavy atom. The van der Waals surface area contributed by atoms with Crippen LogP contribution in [0.25, 0.3) is 0 Å². The second-order valence-electron chi connectivity index (χ2n) is 4.41. The predicted octanol–water partition coefficient (Wildman–Crippen LogP) is 0.0906. The Kier molecular flexibility index (Phi) is 3.50. The number of rotatable bonds is 4. The summed E-state index contributed by atoms with van der Waals surface area (Å²) in [4.78, 5) is 6.68. The number of likely N-dealkylation sites (N-methyl/N-ethyl adjacent to an activating group) is 1. The SMILES string of the molecule is Cc1ncc(S(=O)(=O)N(C)CC2CCCN2)[nH]1. The largest absolute Gasteiger partial charge is 0.332 e. The molecule has 17 heavy (non-hydrogen) atoms. The van der Waals surface area contributed by atoms with Crippen molar-refractivity contribution in [3.05, 3.63) is 12.0 Å². The van der Waals surface area contributed by atoms with E-state index in [1.54, 1.807) is 14.0 Å². The van der Waals surface area contributed by atoms with Gasteiger partial charge in [-0.25, -0.2) is 13.4 Å². The van der Waals surface area contributed by atoms with Crippen LogP contribution in [0.2, 0.25) is 0 Å². The summed E-state index contributed by atoms with van der Waals surface area (Å²) in [5.41, 5.74) is 0.